The average molecular weight is 437 g/mol. The molecule has 2 aromatic heterocycles. The first-order valence-corrected chi connectivity index (χ1v) is 10.5. The predicted octanol–water partition coefficient (Wildman–Crippen LogP) is 4.00. The van der Waals surface area contributed by atoms with E-state index in [0.717, 1.165) is 17.5 Å². The molecule has 1 N–H and O–H groups in total. The topological polar surface area (TPSA) is 72.3 Å². The van der Waals surface area contributed by atoms with Crippen molar-refractivity contribution in [1.29, 1.82) is 0 Å². The molecule has 3 atom stereocenters. The van der Waals surface area contributed by atoms with E-state index in [1.165, 1.54) is 13.3 Å². The van der Waals surface area contributed by atoms with Crippen molar-refractivity contribution >= 4 is 11.7 Å². The number of hydrogen-bond acceptors (Lipinski definition) is 5. The zero-order valence-electron chi connectivity index (χ0n) is 17.5. The van der Waals surface area contributed by atoms with E-state index in [1.807, 2.05) is 6.92 Å². The van der Waals surface area contributed by atoms with Crippen LogP contribution < -0.4 is 10.1 Å². The molecular formula is C21H26F3N5O2. The number of piperidine rings is 1. The Morgan fingerprint density at radius 2 is 2.16 bits per heavy atom. The van der Waals surface area contributed by atoms with Gasteiger partial charge in [0.1, 0.15) is 5.82 Å². The Kier molecular flexibility index (Phi) is 5.81. The summed E-state index contributed by atoms with van der Waals surface area (Å²) in [5.74, 6) is 0.496. The Morgan fingerprint density at radius 1 is 1.35 bits per heavy atom. The summed E-state index contributed by atoms with van der Waals surface area (Å²) in [6, 6.07) is 3.06. The van der Waals surface area contributed by atoms with Crippen LogP contribution in [0.5, 0.6) is 5.88 Å². The van der Waals surface area contributed by atoms with Gasteiger partial charge in [-0.15, -0.1) is 0 Å². The number of aromatic nitrogens is 3. The van der Waals surface area contributed by atoms with Crippen LogP contribution in [-0.4, -0.2) is 58.0 Å². The van der Waals surface area contributed by atoms with E-state index < -0.39 is 12.2 Å². The molecule has 0 saturated carbocycles. The molecule has 4 heterocycles. The normalized spacial score (nSPS) is 23.8. The molecule has 0 unspecified atom stereocenters. The number of rotatable bonds is 4. The monoisotopic (exact) mass is 437 g/mol. The fourth-order valence-corrected chi connectivity index (χ4v) is 4.38. The molecule has 4 rings (SSSR count). The highest BCUT2D eigenvalue weighted by molar-refractivity contribution is 5.94. The van der Waals surface area contributed by atoms with Crippen molar-refractivity contribution < 1.29 is 22.7 Å². The second-order valence-electron chi connectivity index (χ2n) is 8.12. The van der Waals surface area contributed by atoms with Crippen molar-refractivity contribution in [1.82, 2.24) is 19.7 Å². The van der Waals surface area contributed by atoms with Crippen molar-refractivity contribution in [3.05, 3.63) is 35.7 Å². The van der Waals surface area contributed by atoms with E-state index in [9.17, 15) is 18.0 Å². The number of ether oxygens (including phenoxy) is 1. The fraction of sp³-hybridized carbons (Fsp3) is 0.571. The molecule has 7 nitrogen and oxygen atoms in total. The van der Waals surface area contributed by atoms with Gasteiger partial charge in [-0.3, -0.25) is 4.79 Å². The van der Waals surface area contributed by atoms with E-state index in [-0.39, 0.29) is 24.3 Å². The second-order valence-corrected chi connectivity index (χ2v) is 8.12. The molecule has 1 amide bonds. The van der Waals surface area contributed by atoms with E-state index >= 15 is 0 Å². The Bertz CT molecular complexity index is 945. The minimum absolute atomic E-state index is 0.0345. The van der Waals surface area contributed by atoms with Crippen molar-refractivity contribution in [2.24, 2.45) is 0 Å². The Morgan fingerprint density at radius 3 is 2.87 bits per heavy atom. The predicted molar refractivity (Wildman–Crippen MR) is 108 cm³/mol. The lowest BCUT2D eigenvalue weighted by atomic mass is 9.94. The zero-order chi connectivity index (χ0) is 22.2. The van der Waals surface area contributed by atoms with Crippen LogP contribution in [0.3, 0.4) is 0 Å². The zero-order valence-corrected chi connectivity index (χ0v) is 17.5. The van der Waals surface area contributed by atoms with Gasteiger partial charge in [-0.2, -0.15) is 18.3 Å². The van der Waals surface area contributed by atoms with Gasteiger partial charge in [-0.25, -0.2) is 9.67 Å². The average Bonchev–Trinajstić information content (AvgIpc) is 3.21. The number of hydrogen-bond donors (Lipinski definition) is 1. The molecule has 168 valence electrons. The number of carbonyl (C=O) groups excluding carboxylic acids is 1. The molecule has 0 spiro atoms. The number of nitrogens with zero attached hydrogens (tertiary/aromatic N) is 4. The van der Waals surface area contributed by atoms with E-state index in [1.54, 1.807) is 23.1 Å². The number of halogens is 3. The van der Waals surface area contributed by atoms with Crippen LogP contribution in [0, 0.1) is 0 Å². The van der Waals surface area contributed by atoms with Crippen LogP contribution >= 0.6 is 0 Å². The lowest BCUT2D eigenvalue weighted by Crippen LogP contribution is -2.39. The highest BCUT2D eigenvalue weighted by Crippen LogP contribution is 2.41. The van der Waals surface area contributed by atoms with Gasteiger partial charge in [0.2, 0.25) is 5.88 Å². The van der Waals surface area contributed by atoms with Crippen molar-refractivity contribution in [2.45, 2.75) is 56.8 Å². The molecule has 2 aliphatic rings. The van der Waals surface area contributed by atoms with E-state index in [0.29, 0.717) is 42.5 Å². The lowest BCUT2D eigenvalue weighted by Gasteiger charge is -2.33. The number of anilines is 1. The minimum atomic E-state index is -4.36. The summed E-state index contributed by atoms with van der Waals surface area (Å²) in [6.07, 6.45) is -0.740. The van der Waals surface area contributed by atoms with Crippen LogP contribution in [0.2, 0.25) is 0 Å². The Labute approximate surface area is 178 Å². The van der Waals surface area contributed by atoms with Crippen LogP contribution in [0.1, 0.15) is 60.6 Å². The largest absolute Gasteiger partial charge is 0.481 e. The first-order chi connectivity index (χ1) is 14.8. The molecule has 1 saturated heterocycles. The third kappa shape index (κ3) is 4.33. The van der Waals surface area contributed by atoms with Crippen molar-refractivity contribution in [2.75, 3.05) is 25.5 Å². The van der Waals surface area contributed by atoms with E-state index in [2.05, 4.69) is 15.4 Å². The molecule has 0 aromatic carbocycles. The van der Waals surface area contributed by atoms with Gasteiger partial charge in [0, 0.05) is 48.9 Å². The maximum Gasteiger partial charge on any atom is 0.410 e. The molecule has 31 heavy (non-hydrogen) atoms. The van der Waals surface area contributed by atoms with Crippen molar-refractivity contribution in [3.63, 3.8) is 0 Å². The number of nitrogens with one attached hydrogen (secondary N) is 1. The fourth-order valence-electron chi connectivity index (χ4n) is 4.38. The highest BCUT2D eigenvalue weighted by atomic mass is 19.4. The van der Waals surface area contributed by atoms with Gasteiger partial charge in [0.05, 0.1) is 12.8 Å². The molecule has 1 fully saturated rings. The minimum Gasteiger partial charge on any atom is -0.481 e. The van der Waals surface area contributed by atoms with Crippen LogP contribution in [0.4, 0.5) is 19.0 Å². The van der Waals surface area contributed by atoms with Gasteiger partial charge in [-0.05, 0) is 31.7 Å². The summed E-state index contributed by atoms with van der Waals surface area (Å²) in [7, 11) is 1.49. The summed E-state index contributed by atoms with van der Waals surface area (Å²) in [5, 5.41) is 7.53. The Balaban J connectivity index is 1.55. The molecular weight excluding hydrogens is 411 g/mol. The van der Waals surface area contributed by atoms with Gasteiger partial charge in [0.25, 0.3) is 5.91 Å². The first kappa shape index (κ1) is 21.5. The number of fused-ring (bicyclic) bond motifs is 1. The Hall–Kier alpha value is -2.78. The summed E-state index contributed by atoms with van der Waals surface area (Å²) in [6.45, 7) is 2.87. The molecule has 10 heteroatoms. The summed E-state index contributed by atoms with van der Waals surface area (Å²) in [4.78, 5) is 18.7. The summed E-state index contributed by atoms with van der Waals surface area (Å²) >= 11 is 0. The SMILES string of the molecule is CC[C@@H]1C[C@H](C(F)(F)F)n2nc([C@H]3CCCN(C(=O)c4ccnc(OC)c4)C3)cc2N1. The molecule has 0 bridgehead atoms. The van der Waals surface area contributed by atoms with Crippen LogP contribution in [-0.2, 0) is 0 Å². The molecule has 0 radical (unpaired) electrons. The first-order valence-electron chi connectivity index (χ1n) is 10.5. The standard InChI is InChI=1S/C21H26F3N5O2/c1-3-15-10-17(21(22,23)24)29-18(26-15)11-16(27-29)14-5-4-8-28(12-14)20(30)13-6-7-25-19(9-13)31-2/h6-7,9,11,14-15,17,26H,3-5,8,10,12H2,1-2H3/t14-,15+,17+/m0/s1. The number of carbonyl (C=O) groups is 1. The maximum absolute atomic E-state index is 13.6. The van der Waals surface area contributed by atoms with Gasteiger partial charge in [0.15, 0.2) is 6.04 Å². The summed E-state index contributed by atoms with van der Waals surface area (Å²) in [5.41, 5.74) is 1.07. The van der Waals surface area contributed by atoms with Crippen LogP contribution in [0.15, 0.2) is 24.4 Å². The van der Waals surface area contributed by atoms with Gasteiger partial charge < -0.3 is 15.0 Å². The van der Waals surface area contributed by atoms with Crippen LogP contribution in [0.25, 0.3) is 0 Å². The highest BCUT2D eigenvalue weighted by Gasteiger charge is 2.46. The van der Waals surface area contributed by atoms with Gasteiger partial charge in [-0.1, -0.05) is 6.92 Å². The summed E-state index contributed by atoms with van der Waals surface area (Å²) < 4.78 is 47.1. The third-order valence-electron chi connectivity index (χ3n) is 6.10. The molecule has 2 aromatic rings. The number of methoxy groups -OCH3 is 1. The van der Waals surface area contributed by atoms with Crippen molar-refractivity contribution in [3.8, 4) is 5.88 Å². The number of likely N-dealkylation sites (tertiary alicyclic amines) is 1. The number of alkyl halides is 3. The lowest BCUT2D eigenvalue weighted by molar-refractivity contribution is -0.173. The molecule has 0 aliphatic carbocycles. The van der Waals surface area contributed by atoms with E-state index in [4.69, 9.17) is 4.74 Å². The third-order valence-corrected chi connectivity index (χ3v) is 6.10. The quantitative estimate of drug-likeness (QED) is 0.783. The van der Waals surface area contributed by atoms with Gasteiger partial charge >= 0.3 is 6.18 Å². The number of pyridine rings is 1. The second kappa shape index (κ2) is 8.39. The number of amides is 1. The molecule has 2 aliphatic heterocycles. The maximum atomic E-state index is 13.6. The smallest absolute Gasteiger partial charge is 0.410 e.